The van der Waals surface area contributed by atoms with Gasteiger partial charge in [0.1, 0.15) is 0 Å². The molecule has 4 nitrogen and oxygen atoms in total. The molecule has 18 heavy (non-hydrogen) atoms. The molecule has 1 rings (SSSR count). The molecule has 0 aliphatic heterocycles. The van der Waals surface area contributed by atoms with Crippen molar-refractivity contribution < 1.29 is 9.53 Å². The quantitative estimate of drug-likeness (QED) is 0.470. The van der Waals surface area contributed by atoms with Crippen molar-refractivity contribution in [2.75, 3.05) is 31.2 Å². The summed E-state index contributed by atoms with van der Waals surface area (Å²) >= 11 is 0. The second kappa shape index (κ2) is 11.0. The lowest BCUT2D eigenvalue weighted by molar-refractivity contribution is -0.106. The lowest BCUT2D eigenvalue weighted by atomic mass is 10.1. The molecule has 0 aliphatic rings. The van der Waals surface area contributed by atoms with Gasteiger partial charge in [0.25, 0.3) is 0 Å². The molecule has 1 aromatic carbocycles. The van der Waals surface area contributed by atoms with Crippen LogP contribution in [0.2, 0.25) is 0 Å². The number of nitrogens with two attached hydrogens (primary N) is 1. The lowest BCUT2D eigenvalue weighted by Crippen LogP contribution is -2.11. The van der Waals surface area contributed by atoms with Gasteiger partial charge < -0.3 is 15.8 Å². The molecule has 0 spiro atoms. The first-order chi connectivity index (χ1) is 8.65. The smallest absolute Gasteiger partial charge is 0.204 e. The highest BCUT2D eigenvalue weighted by Gasteiger charge is 1.97. The van der Waals surface area contributed by atoms with Crippen LogP contribution in [-0.2, 0) is 9.53 Å². The van der Waals surface area contributed by atoms with E-state index in [4.69, 9.17) is 9.53 Å². The Balaban J connectivity index is 0.000000873. The van der Waals surface area contributed by atoms with Gasteiger partial charge in [-0.25, -0.2) is 0 Å². The van der Waals surface area contributed by atoms with Crippen LogP contribution in [0.3, 0.4) is 0 Å². The van der Waals surface area contributed by atoms with E-state index in [1.165, 1.54) is 16.8 Å². The van der Waals surface area contributed by atoms with Gasteiger partial charge in [0.15, 0.2) is 0 Å². The molecule has 0 fully saturated rings. The average Bonchev–Trinajstić information content (AvgIpc) is 2.34. The van der Waals surface area contributed by atoms with Gasteiger partial charge in [-0.05, 0) is 37.2 Å². The summed E-state index contributed by atoms with van der Waals surface area (Å²) in [7, 11) is 2.66. The number of carbonyl (C=O) groups excluding carboxylic acids is 1. The van der Waals surface area contributed by atoms with Crippen molar-refractivity contribution >= 4 is 21.3 Å². The predicted molar refractivity (Wildman–Crippen MR) is 80.1 cm³/mol. The zero-order valence-corrected chi connectivity index (χ0v) is 12.3. The number of aryl methyl sites for hydroxylation is 2. The molecule has 0 bridgehead atoms. The Morgan fingerprint density at radius 2 is 2.06 bits per heavy atom. The van der Waals surface area contributed by atoms with Crippen molar-refractivity contribution in [3.63, 3.8) is 0 Å². The highest BCUT2D eigenvalue weighted by atomic mass is 31.0. The SMILES string of the molecule is Cc1ccc(C)c(NCCOCCP)c1.NC=O. The Morgan fingerprint density at radius 1 is 1.39 bits per heavy atom. The zero-order valence-electron chi connectivity index (χ0n) is 11.1. The second-order valence-electron chi connectivity index (χ2n) is 3.78. The number of anilines is 1. The van der Waals surface area contributed by atoms with Crippen molar-refractivity contribution in [3.8, 4) is 0 Å². The second-order valence-corrected chi connectivity index (χ2v) is 4.36. The van der Waals surface area contributed by atoms with Gasteiger partial charge in [-0.3, -0.25) is 4.79 Å². The number of ether oxygens (including phenoxy) is 1. The van der Waals surface area contributed by atoms with Gasteiger partial charge >= 0.3 is 0 Å². The minimum Gasteiger partial charge on any atom is -0.383 e. The van der Waals surface area contributed by atoms with Gasteiger partial charge in [-0.1, -0.05) is 12.1 Å². The fraction of sp³-hybridized carbons (Fsp3) is 0.462. The minimum atomic E-state index is 0.250. The Morgan fingerprint density at radius 3 is 2.67 bits per heavy atom. The molecule has 1 aromatic rings. The molecule has 0 heterocycles. The summed E-state index contributed by atoms with van der Waals surface area (Å²) in [6.45, 7) is 6.68. The third kappa shape index (κ3) is 8.04. The molecular formula is C13H23N2O2P. The topological polar surface area (TPSA) is 64.3 Å². The fourth-order valence-corrected chi connectivity index (χ4v) is 1.54. The maximum atomic E-state index is 8.58. The van der Waals surface area contributed by atoms with Crippen LogP contribution in [0.25, 0.3) is 0 Å². The molecule has 1 unspecified atom stereocenters. The van der Waals surface area contributed by atoms with E-state index in [0.717, 1.165) is 25.9 Å². The summed E-state index contributed by atoms with van der Waals surface area (Å²) in [5, 5.41) is 3.38. The van der Waals surface area contributed by atoms with Gasteiger partial charge in [0.05, 0.1) is 13.2 Å². The third-order valence-electron chi connectivity index (χ3n) is 2.22. The van der Waals surface area contributed by atoms with E-state index in [2.05, 4.69) is 52.3 Å². The zero-order chi connectivity index (χ0) is 13.8. The van der Waals surface area contributed by atoms with E-state index in [9.17, 15) is 0 Å². The standard InChI is InChI=1S/C12H20NOP.CH3NO/c1-10-3-4-11(2)12(9-10)13-5-6-14-7-8-15;2-1-3/h3-4,9,13H,5-8,15H2,1-2H3;1H,(H2,2,3). The number of hydrogen-bond donors (Lipinski definition) is 2. The van der Waals surface area contributed by atoms with E-state index in [1.807, 2.05) is 0 Å². The van der Waals surface area contributed by atoms with Crippen LogP contribution in [-0.4, -0.2) is 32.3 Å². The number of hydrogen-bond acceptors (Lipinski definition) is 3. The molecule has 5 heteroatoms. The Hall–Kier alpha value is -1.12. The predicted octanol–water partition coefficient (Wildman–Crippen LogP) is 1.71. The number of primary amides is 1. The monoisotopic (exact) mass is 270 g/mol. The van der Waals surface area contributed by atoms with Gasteiger partial charge in [0, 0.05) is 12.2 Å². The molecule has 0 saturated carbocycles. The summed E-state index contributed by atoms with van der Waals surface area (Å²) in [5.74, 6) is 0. The van der Waals surface area contributed by atoms with E-state index < -0.39 is 0 Å². The Kier molecular flexibility index (Phi) is 10.3. The van der Waals surface area contributed by atoms with Crippen LogP contribution < -0.4 is 11.1 Å². The summed E-state index contributed by atoms with van der Waals surface area (Å²) < 4.78 is 5.39. The van der Waals surface area contributed by atoms with Gasteiger partial charge in [-0.15, -0.1) is 9.24 Å². The van der Waals surface area contributed by atoms with E-state index in [0.29, 0.717) is 0 Å². The number of rotatable bonds is 6. The fourth-order valence-electron chi connectivity index (χ4n) is 1.37. The Labute approximate surface area is 111 Å². The molecule has 102 valence electrons. The normalized spacial score (nSPS) is 9.28. The molecule has 0 aromatic heterocycles. The van der Waals surface area contributed by atoms with Crippen LogP contribution in [0.5, 0.6) is 0 Å². The molecule has 3 N–H and O–H groups in total. The maximum Gasteiger partial charge on any atom is 0.204 e. The first-order valence-corrected chi connectivity index (χ1v) is 6.71. The summed E-state index contributed by atoms with van der Waals surface area (Å²) in [6, 6.07) is 6.44. The van der Waals surface area contributed by atoms with Crippen molar-refractivity contribution in [2.24, 2.45) is 5.73 Å². The lowest BCUT2D eigenvalue weighted by Gasteiger charge is -2.10. The van der Waals surface area contributed by atoms with Gasteiger partial charge in [0.2, 0.25) is 6.41 Å². The molecule has 0 aliphatic carbocycles. The summed E-state index contributed by atoms with van der Waals surface area (Å²) in [4.78, 5) is 8.58. The third-order valence-corrected chi connectivity index (χ3v) is 2.45. The van der Waals surface area contributed by atoms with Crippen molar-refractivity contribution in [1.82, 2.24) is 0 Å². The number of carbonyl (C=O) groups is 1. The van der Waals surface area contributed by atoms with E-state index in [1.54, 1.807) is 0 Å². The summed E-state index contributed by atoms with van der Waals surface area (Å²) in [5.41, 5.74) is 7.95. The largest absolute Gasteiger partial charge is 0.383 e. The molecule has 1 atom stereocenters. The van der Waals surface area contributed by atoms with Crippen LogP contribution in [0.4, 0.5) is 5.69 Å². The van der Waals surface area contributed by atoms with Crippen LogP contribution in [0.1, 0.15) is 11.1 Å². The van der Waals surface area contributed by atoms with E-state index >= 15 is 0 Å². The van der Waals surface area contributed by atoms with Crippen LogP contribution in [0.15, 0.2) is 18.2 Å². The molecule has 1 amide bonds. The van der Waals surface area contributed by atoms with Crippen molar-refractivity contribution in [1.29, 1.82) is 0 Å². The Bertz CT molecular complexity index is 346. The maximum absolute atomic E-state index is 8.58. The molecular weight excluding hydrogens is 247 g/mol. The highest BCUT2D eigenvalue weighted by molar-refractivity contribution is 7.16. The van der Waals surface area contributed by atoms with Crippen molar-refractivity contribution in [3.05, 3.63) is 29.3 Å². The van der Waals surface area contributed by atoms with Crippen molar-refractivity contribution in [2.45, 2.75) is 13.8 Å². The minimum absolute atomic E-state index is 0.250. The molecule has 0 saturated heterocycles. The van der Waals surface area contributed by atoms with Crippen LogP contribution >= 0.6 is 9.24 Å². The number of benzene rings is 1. The van der Waals surface area contributed by atoms with Crippen LogP contribution in [0, 0.1) is 13.8 Å². The average molecular weight is 270 g/mol. The summed E-state index contributed by atoms with van der Waals surface area (Å²) in [6.07, 6.45) is 1.25. The number of amides is 1. The first-order valence-electron chi connectivity index (χ1n) is 5.90. The molecule has 0 radical (unpaired) electrons. The van der Waals surface area contributed by atoms with Gasteiger partial charge in [-0.2, -0.15) is 0 Å². The van der Waals surface area contributed by atoms with E-state index in [-0.39, 0.29) is 6.41 Å². The first kappa shape index (κ1) is 16.9. The highest BCUT2D eigenvalue weighted by Crippen LogP contribution is 2.15. The number of nitrogens with one attached hydrogen (secondary N) is 1.